The van der Waals surface area contributed by atoms with Crippen LogP contribution in [-0.2, 0) is 11.2 Å². The van der Waals surface area contributed by atoms with Crippen LogP contribution in [-0.4, -0.2) is 44.0 Å². The number of aliphatic hydroxyl groups excluding tert-OH is 1. The second-order valence-corrected chi connectivity index (χ2v) is 5.99. The number of rotatable bonds is 5. The Morgan fingerprint density at radius 2 is 2.26 bits per heavy atom. The number of carbonyl (C=O) groups is 1. The number of aromatic nitrogens is 3. The Labute approximate surface area is 134 Å². The molecule has 0 bridgehead atoms. The average molecular weight is 318 g/mol. The lowest BCUT2D eigenvalue weighted by Gasteiger charge is -2.31. The maximum atomic E-state index is 12.2. The number of hydrogen-bond donors (Lipinski definition) is 1. The minimum atomic E-state index is -0.605. The van der Waals surface area contributed by atoms with Crippen molar-refractivity contribution in [3.05, 3.63) is 36.0 Å². The normalized spacial score (nSPS) is 17.4. The number of amides is 1. The Balaban J connectivity index is 1.48. The Morgan fingerprint density at radius 3 is 2.87 bits per heavy atom. The molecule has 1 saturated heterocycles. The molecule has 0 spiro atoms. The van der Waals surface area contributed by atoms with Crippen molar-refractivity contribution >= 4 is 5.91 Å². The summed E-state index contributed by atoms with van der Waals surface area (Å²) in [6, 6.07) is 3.97. The van der Waals surface area contributed by atoms with Gasteiger partial charge in [-0.05, 0) is 31.9 Å². The Hall–Kier alpha value is -2.15. The van der Waals surface area contributed by atoms with Crippen LogP contribution in [0.1, 0.15) is 49.8 Å². The molecule has 0 aromatic carbocycles. The molecular weight excluding hydrogens is 296 g/mol. The van der Waals surface area contributed by atoms with Gasteiger partial charge in [0.05, 0.1) is 24.6 Å². The van der Waals surface area contributed by atoms with E-state index in [-0.39, 0.29) is 11.9 Å². The summed E-state index contributed by atoms with van der Waals surface area (Å²) in [6.07, 6.45) is 5.66. The standard InChI is InChI=1S/C16H22N4O3/c1-12(21)15-11-20(18-17-15)13-6-8-19(9-7-13)16(22)5-4-14-3-2-10-23-14/h2-3,10-13,21H,4-9H2,1H3/t12-/m1/s1. The Bertz CT molecular complexity index is 628. The third-order valence-corrected chi connectivity index (χ3v) is 4.31. The molecule has 1 fully saturated rings. The Kier molecular flexibility index (Phi) is 4.76. The number of likely N-dealkylation sites (tertiary alicyclic amines) is 1. The molecule has 0 saturated carbocycles. The molecule has 1 amide bonds. The van der Waals surface area contributed by atoms with Crippen LogP contribution in [0.5, 0.6) is 0 Å². The monoisotopic (exact) mass is 318 g/mol. The Morgan fingerprint density at radius 1 is 1.48 bits per heavy atom. The predicted molar refractivity (Wildman–Crippen MR) is 82.5 cm³/mol. The van der Waals surface area contributed by atoms with Crippen LogP contribution in [0.15, 0.2) is 29.0 Å². The third kappa shape index (κ3) is 3.79. The van der Waals surface area contributed by atoms with Gasteiger partial charge in [-0.2, -0.15) is 0 Å². The van der Waals surface area contributed by atoms with Gasteiger partial charge < -0.3 is 14.4 Å². The van der Waals surface area contributed by atoms with Crippen molar-refractivity contribution in [1.29, 1.82) is 0 Å². The van der Waals surface area contributed by atoms with E-state index >= 15 is 0 Å². The molecule has 1 aliphatic rings. The maximum Gasteiger partial charge on any atom is 0.223 e. The number of piperidine rings is 1. The van der Waals surface area contributed by atoms with Gasteiger partial charge in [0.1, 0.15) is 11.5 Å². The summed E-state index contributed by atoms with van der Waals surface area (Å²) >= 11 is 0. The summed E-state index contributed by atoms with van der Waals surface area (Å²) in [5.41, 5.74) is 0.585. The molecule has 7 nitrogen and oxygen atoms in total. The molecule has 23 heavy (non-hydrogen) atoms. The second kappa shape index (κ2) is 6.95. The van der Waals surface area contributed by atoms with E-state index in [1.165, 1.54) is 0 Å². The van der Waals surface area contributed by atoms with Crippen LogP contribution >= 0.6 is 0 Å². The van der Waals surface area contributed by atoms with Gasteiger partial charge in [0.15, 0.2) is 0 Å². The summed E-state index contributed by atoms with van der Waals surface area (Å²) in [5, 5.41) is 17.6. The fourth-order valence-corrected chi connectivity index (χ4v) is 2.88. The molecule has 2 aromatic rings. The van der Waals surface area contributed by atoms with Crippen molar-refractivity contribution < 1.29 is 14.3 Å². The second-order valence-electron chi connectivity index (χ2n) is 5.99. The van der Waals surface area contributed by atoms with Crippen LogP contribution in [0, 0.1) is 0 Å². The van der Waals surface area contributed by atoms with Crippen LogP contribution in [0.3, 0.4) is 0 Å². The summed E-state index contributed by atoms with van der Waals surface area (Å²) in [6.45, 7) is 3.13. The topological polar surface area (TPSA) is 84.4 Å². The van der Waals surface area contributed by atoms with E-state index in [1.54, 1.807) is 19.4 Å². The van der Waals surface area contributed by atoms with Crippen LogP contribution < -0.4 is 0 Å². The van der Waals surface area contributed by atoms with Gasteiger partial charge in [0, 0.05) is 25.9 Å². The number of aryl methyl sites for hydroxylation is 1. The number of carbonyl (C=O) groups excluding carboxylic acids is 1. The van der Waals surface area contributed by atoms with E-state index < -0.39 is 6.10 Å². The van der Waals surface area contributed by atoms with E-state index in [0.717, 1.165) is 31.7 Å². The first-order chi connectivity index (χ1) is 11.1. The molecule has 1 atom stereocenters. The molecule has 3 heterocycles. The first-order valence-corrected chi connectivity index (χ1v) is 8.03. The molecule has 2 aromatic heterocycles. The van der Waals surface area contributed by atoms with Crippen molar-refractivity contribution in [2.45, 2.75) is 44.8 Å². The molecule has 124 valence electrons. The van der Waals surface area contributed by atoms with E-state index in [2.05, 4.69) is 10.3 Å². The lowest BCUT2D eigenvalue weighted by molar-refractivity contribution is -0.132. The molecule has 0 unspecified atom stereocenters. The van der Waals surface area contributed by atoms with E-state index in [4.69, 9.17) is 4.42 Å². The van der Waals surface area contributed by atoms with E-state index in [9.17, 15) is 9.90 Å². The van der Waals surface area contributed by atoms with Gasteiger partial charge in [-0.3, -0.25) is 4.79 Å². The molecule has 0 aliphatic carbocycles. The lowest BCUT2D eigenvalue weighted by atomic mass is 10.0. The lowest BCUT2D eigenvalue weighted by Crippen LogP contribution is -2.39. The summed E-state index contributed by atoms with van der Waals surface area (Å²) in [4.78, 5) is 14.2. The fourth-order valence-electron chi connectivity index (χ4n) is 2.88. The fraction of sp³-hybridized carbons (Fsp3) is 0.562. The minimum absolute atomic E-state index is 0.170. The first kappa shape index (κ1) is 15.7. The first-order valence-electron chi connectivity index (χ1n) is 8.03. The molecular formula is C16H22N4O3. The number of furan rings is 1. The summed E-state index contributed by atoms with van der Waals surface area (Å²) in [7, 11) is 0. The quantitative estimate of drug-likeness (QED) is 0.907. The molecule has 7 heteroatoms. The van der Waals surface area contributed by atoms with Gasteiger partial charge in [-0.25, -0.2) is 4.68 Å². The van der Waals surface area contributed by atoms with Gasteiger partial charge in [0.2, 0.25) is 5.91 Å². The maximum absolute atomic E-state index is 12.2. The number of nitrogens with zero attached hydrogens (tertiary/aromatic N) is 4. The largest absolute Gasteiger partial charge is 0.469 e. The SMILES string of the molecule is C[C@@H](O)c1cn(C2CCN(C(=O)CCc3ccco3)CC2)nn1. The highest BCUT2D eigenvalue weighted by Crippen LogP contribution is 2.23. The van der Waals surface area contributed by atoms with Crippen molar-refractivity contribution in [3.63, 3.8) is 0 Å². The van der Waals surface area contributed by atoms with Gasteiger partial charge in [0.25, 0.3) is 0 Å². The molecule has 1 N–H and O–H groups in total. The summed E-state index contributed by atoms with van der Waals surface area (Å²) < 4.78 is 7.07. The van der Waals surface area contributed by atoms with Crippen LogP contribution in [0.2, 0.25) is 0 Å². The molecule has 1 aliphatic heterocycles. The van der Waals surface area contributed by atoms with E-state index in [0.29, 0.717) is 18.5 Å². The van der Waals surface area contributed by atoms with Crippen molar-refractivity contribution in [2.24, 2.45) is 0 Å². The zero-order valence-electron chi connectivity index (χ0n) is 13.3. The zero-order chi connectivity index (χ0) is 16.2. The van der Waals surface area contributed by atoms with Crippen molar-refractivity contribution in [1.82, 2.24) is 19.9 Å². The van der Waals surface area contributed by atoms with Gasteiger partial charge in [-0.1, -0.05) is 5.21 Å². The van der Waals surface area contributed by atoms with Gasteiger partial charge >= 0.3 is 0 Å². The summed E-state index contributed by atoms with van der Waals surface area (Å²) in [5.74, 6) is 1.02. The highest BCUT2D eigenvalue weighted by Gasteiger charge is 2.24. The minimum Gasteiger partial charge on any atom is -0.469 e. The van der Waals surface area contributed by atoms with Crippen molar-refractivity contribution in [2.75, 3.05) is 13.1 Å². The molecule has 3 rings (SSSR count). The van der Waals surface area contributed by atoms with Gasteiger partial charge in [-0.15, -0.1) is 5.10 Å². The third-order valence-electron chi connectivity index (χ3n) is 4.31. The van der Waals surface area contributed by atoms with Crippen molar-refractivity contribution in [3.8, 4) is 0 Å². The van der Waals surface area contributed by atoms with E-state index in [1.807, 2.05) is 21.7 Å². The smallest absolute Gasteiger partial charge is 0.223 e. The van der Waals surface area contributed by atoms with Crippen LogP contribution in [0.25, 0.3) is 0 Å². The average Bonchev–Trinajstić information content (AvgIpc) is 3.24. The van der Waals surface area contributed by atoms with Crippen LogP contribution in [0.4, 0.5) is 0 Å². The number of aliphatic hydroxyl groups is 1. The number of hydrogen-bond acceptors (Lipinski definition) is 5. The highest BCUT2D eigenvalue weighted by molar-refractivity contribution is 5.76. The zero-order valence-corrected chi connectivity index (χ0v) is 13.3. The molecule has 0 radical (unpaired) electrons. The highest BCUT2D eigenvalue weighted by atomic mass is 16.3. The predicted octanol–water partition coefficient (Wildman–Crippen LogP) is 1.72.